The molecule has 184 valence electrons. The van der Waals surface area contributed by atoms with Gasteiger partial charge in [-0.25, -0.2) is 9.18 Å². The van der Waals surface area contributed by atoms with E-state index < -0.39 is 12.6 Å². The number of nitrogens with one attached hydrogen (secondary N) is 1. The topological polar surface area (TPSA) is 78.9 Å². The Morgan fingerprint density at radius 1 is 1.12 bits per heavy atom. The van der Waals surface area contributed by atoms with Gasteiger partial charge in [-0.05, 0) is 60.9 Å². The van der Waals surface area contributed by atoms with E-state index in [1.807, 2.05) is 12.1 Å². The van der Waals surface area contributed by atoms with E-state index in [4.69, 9.17) is 4.74 Å². The molecule has 1 amide bonds. The predicted molar refractivity (Wildman–Crippen MR) is 131 cm³/mol. The summed E-state index contributed by atoms with van der Waals surface area (Å²) in [7, 11) is 0. The number of alkyl halides is 1. The maximum Gasteiger partial charge on any atom is 0.339 e. The maximum atomic E-state index is 13.1. The molecule has 7 heteroatoms. The van der Waals surface area contributed by atoms with E-state index >= 15 is 0 Å². The third-order valence-corrected chi connectivity index (χ3v) is 6.03. The van der Waals surface area contributed by atoms with E-state index in [1.54, 1.807) is 6.07 Å². The number of para-hydroxylation sites is 1. The second-order valence-electron chi connectivity index (χ2n) is 9.21. The summed E-state index contributed by atoms with van der Waals surface area (Å²) in [6.45, 7) is 5.37. The van der Waals surface area contributed by atoms with Crippen molar-refractivity contribution in [3.8, 4) is 5.75 Å². The first kappa shape index (κ1) is 25.5. The summed E-state index contributed by atoms with van der Waals surface area (Å²) < 4.78 is 17.8. The Morgan fingerprint density at radius 3 is 2.53 bits per heavy atom. The molecular formula is C27H35FN2O4. The molecule has 0 saturated carbocycles. The minimum absolute atomic E-state index is 0.0502. The number of carbonyl (C=O) groups is 2. The van der Waals surface area contributed by atoms with Crippen molar-refractivity contribution in [2.24, 2.45) is 5.92 Å². The standard InChI is InChI=1S/C27H35FN2O4/c1-19(2)16-23(21-8-4-5-9-24(21)30-13-6-3-7-14-30)29-26(31)18-20-10-11-22(27(32)33)25(17-20)34-15-12-28/h4-5,8-11,17,19,23H,3,6-7,12-16,18H2,1-2H3,(H,29,31)(H,32,33)/i28-1. The highest BCUT2D eigenvalue weighted by Gasteiger charge is 2.23. The lowest BCUT2D eigenvalue weighted by atomic mass is 9.94. The zero-order chi connectivity index (χ0) is 24.5. The van der Waals surface area contributed by atoms with E-state index in [-0.39, 0.29) is 36.3 Å². The molecule has 3 rings (SSSR count). The first-order valence-corrected chi connectivity index (χ1v) is 12.1. The highest BCUT2D eigenvalue weighted by atomic mass is 18.2. The molecule has 1 atom stereocenters. The van der Waals surface area contributed by atoms with Crippen LogP contribution < -0.4 is 15.0 Å². The summed E-state index contributed by atoms with van der Waals surface area (Å²) in [4.78, 5) is 26.9. The largest absolute Gasteiger partial charge is 0.490 e. The van der Waals surface area contributed by atoms with E-state index in [0.717, 1.165) is 25.1 Å². The summed E-state index contributed by atoms with van der Waals surface area (Å²) in [5, 5.41) is 12.6. The number of amides is 1. The smallest absolute Gasteiger partial charge is 0.339 e. The molecule has 0 aromatic heterocycles. The molecule has 0 radical (unpaired) electrons. The Hall–Kier alpha value is -3.09. The lowest BCUT2D eigenvalue weighted by molar-refractivity contribution is -0.121. The van der Waals surface area contributed by atoms with Gasteiger partial charge in [0.2, 0.25) is 5.91 Å². The summed E-state index contributed by atoms with van der Waals surface area (Å²) in [6, 6.07) is 12.7. The molecule has 1 unspecified atom stereocenters. The van der Waals surface area contributed by atoms with Crippen molar-refractivity contribution < 1.29 is 23.8 Å². The predicted octanol–water partition coefficient (Wildman–Crippen LogP) is 5.17. The molecular weight excluding hydrogens is 434 g/mol. The SMILES string of the molecule is CC(C)CC(NC(=O)Cc1ccc(C(=O)O)c(OCC[18F])c1)c1ccccc1N1CCCCC1. The zero-order valence-electron chi connectivity index (χ0n) is 20.1. The minimum Gasteiger partial charge on any atom is -0.490 e. The van der Waals surface area contributed by atoms with Crippen LogP contribution >= 0.6 is 0 Å². The number of hydrogen-bond donors (Lipinski definition) is 2. The number of ether oxygens (including phenoxy) is 1. The average molecular weight is 470 g/mol. The van der Waals surface area contributed by atoms with Gasteiger partial charge in [0.1, 0.15) is 24.6 Å². The fourth-order valence-corrected chi connectivity index (χ4v) is 4.49. The fraction of sp³-hybridized carbons (Fsp3) is 0.481. The molecule has 1 aliphatic rings. The van der Waals surface area contributed by atoms with E-state index in [1.165, 1.54) is 37.1 Å². The summed E-state index contributed by atoms with van der Waals surface area (Å²) in [5.41, 5.74) is 2.87. The van der Waals surface area contributed by atoms with Crippen LogP contribution in [0.3, 0.4) is 0 Å². The van der Waals surface area contributed by atoms with Crippen molar-refractivity contribution in [3.05, 3.63) is 59.2 Å². The molecule has 2 aromatic rings. The molecule has 2 aromatic carbocycles. The second kappa shape index (κ2) is 12.4. The highest BCUT2D eigenvalue weighted by molar-refractivity contribution is 5.91. The molecule has 6 nitrogen and oxygen atoms in total. The number of hydrogen-bond acceptors (Lipinski definition) is 4. The third kappa shape index (κ3) is 6.95. The number of carbonyl (C=O) groups excluding carboxylic acids is 1. The molecule has 0 bridgehead atoms. The van der Waals surface area contributed by atoms with Crippen LogP contribution in [0.15, 0.2) is 42.5 Å². The van der Waals surface area contributed by atoms with Crippen molar-refractivity contribution in [2.75, 3.05) is 31.3 Å². The minimum atomic E-state index is -1.16. The zero-order valence-corrected chi connectivity index (χ0v) is 20.1. The Kier molecular flexibility index (Phi) is 9.31. The lowest BCUT2D eigenvalue weighted by Crippen LogP contribution is -2.34. The van der Waals surface area contributed by atoms with Crippen molar-refractivity contribution in [1.29, 1.82) is 0 Å². The van der Waals surface area contributed by atoms with Gasteiger partial charge in [0.15, 0.2) is 0 Å². The van der Waals surface area contributed by atoms with Crippen LogP contribution in [-0.2, 0) is 11.2 Å². The molecule has 1 heterocycles. The number of rotatable bonds is 11. The average Bonchev–Trinajstić information content (AvgIpc) is 2.82. The first-order chi connectivity index (χ1) is 16.4. The Morgan fingerprint density at radius 2 is 1.85 bits per heavy atom. The molecule has 2 N–H and O–H groups in total. The first-order valence-electron chi connectivity index (χ1n) is 12.1. The monoisotopic (exact) mass is 469 g/mol. The Labute approximate surface area is 201 Å². The number of benzene rings is 2. The van der Waals surface area contributed by atoms with E-state index in [0.29, 0.717) is 11.5 Å². The number of carboxylic acid groups (broad SMARTS) is 1. The van der Waals surface area contributed by atoms with Crippen LogP contribution in [0.25, 0.3) is 0 Å². The summed E-state index contributed by atoms with van der Waals surface area (Å²) in [5.74, 6) is -0.852. The summed E-state index contributed by atoms with van der Waals surface area (Å²) >= 11 is 0. The number of carboxylic acids is 1. The van der Waals surface area contributed by atoms with Crippen molar-refractivity contribution in [3.63, 3.8) is 0 Å². The van der Waals surface area contributed by atoms with Gasteiger partial charge in [-0.15, -0.1) is 0 Å². The normalized spacial score (nSPS) is 14.6. The number of anilines is 1. The second-order valence-corrected chi connectivity index (χ2v) is 9.21. The maximum absolute atomic E-state index is 13.1. The van der Waals surface area contributed by atoms with Gasteiger partial charge in [-0.3, -0.25) is 4.79 Å². The van der Waals surface area contributed by atoms with Crippen LogP contribution in [0.1, 0.15) is 67.1 Å². The third-order valence-electron chi connectivity index (χ3n) is 6.03. The quantitative estimate of drug-likeness (QED) is 0.475. The van der Waals surface area contributed by atoms with E-state index in [9.17, 15) is 19.1 Å². The lowest BCUT2D eigenvalue weighted by Gasteiger charge is -2.33. The van der Waals surface area contributed by atoms with Gasteiger partial charge in [0, 0.05) is 18.8 Å². The van der Waals surface area contributed by atoms with Gasteiger partial charge >= 0.3 is 5.97 Å². The van der Waals surface area contributed by atoms with Crippen molar-refractivity contribution in [2.45, 2.75) is 52.0 Å². The van der Waals surface area contributed by atoms with Crippen LogP contribution in [0.5, 0.6) is 5.75 Å². The Bertz CT molecular complexity index is 973. The fourth-order valence-electron chi connectivity index (χ4n) is 4.49. The molecule has 34 heavy (non-hydrogen) atoms. The van der Waals surface area contributed by atoms with Crippen LogP contribution in [0.2, 0.25) is 0 Å². The van der Waals surface area contributed by atoms with Crippen molar-refractivity contribution >= 4 is 17.6 Å². The highest BCUT2D eigenvalue weighted by Crippen LogP contribution is 2.32. The van der Waals surface area contributed by atoms with Crippen molar-refractivity contribution in [1.82, 2.24) is 5.32 Å². The van der Waals surface area contributed by atoms with Gasteiger partial charge in [-0.1, -0.05) is 38.1 Å². The van der Waals surface area contributed by atoms with Gasteiger partial charge < -0.3 is 20.1 Å². The molecule has 1 saturated heterocycles. The Balaban J connectivity index is 1.79. The van der Waals surface area contributed by atoms with Crippen LogP contribution in [-0.4, -0.2) is 43.4 Å². The van der Waals surface area contributed by atoms with Gasteiger partial charge in [-0.2, -0.15) is 0 Å². The number of aromatic carboxylic acids is 1. The molecule has 1 fully saturated rings. The molecule has 1 aliphatic heterocycles. The number of nitrogens with zero attached hydrogens (tertiary/aromatic N) is 1. The van der Waals surface area contributed by atoms with E-state index in [2.05, 4.69) is 36.2 Å². The van der Waals surface area contributed by atoms with Gasteiger partial charge in [0.25, 0.3) is 0 Å². The van der Waals surface area contributed by atoms with Crippen LogP contribution in [0, 0.1) is 5.92 Å². The number of halogens is 1. The molecule has 0 aliphatic carbocycles. The number of piperidine rings is 1. The van der Waals surface area contributed by atoms with Crippen LogP contribution in [0.4, 0.5) is 10.1 Å². The summed E-state index contributed by atoms with van der Waals surface area (Å²) in [6.07, 6.45) is 4.48. The van der Waals surface area contributed by atoms with Gasteiger partial charge in [0.05, 0.1) is 12.5 Å². The molecule has 0 spiro atoms.